The smallest absolute Gasteiger partial charge is 0.264 e. The lowest BCUT2D eigenvalue weighted by molar-refractivity contribution is -0.118. The fraction of sp³-hybridized carbons (Fsp3) is 0.136. The number of nitrogens with zero attached hydrogens (tertiary/aromatic N) is 1. The minimum Gasteiger partial charge on any atom is -0.484 e. The molecular formula is C22H21N3O6S2. The van der Waals surface area contributed by atoms with Gasteiger partial charge in [-0.15, -0.1) is 0 Å². The molecule has 0 saturated heterocycles. The normalized spacial score (nSPS) is 13.4. The van der Waals surface area contributed by atoms with E-state index in [4.69, 9.17) is 9.88 Å². The second kappa shape index (κ2) is 8.85. The molecule has 0 aromatic heterocycles. The number of fused-ring (bicyclic) bond motifs is 1. The fourth-order valence-corrected chi connectivity index (χ4v) is 5.49. The zero-order chi connectivity index (χ0) is 23.6. The van der Waals surface area contributed by atoms with Crippen molar-refractivity contribution in [2.45, 2.75) is 16.2 Å². The van der Waals surface area contributed by atoms with E-state index in [1.807, 2.05) is 18.2 Å². The van der Waals surface area contributed by atoms with Crippen LogP contribution in [0, 0.1) is 0 Å². The number of carbonyl (C=O) groups is 1. The average Bonchev–Trinajstić information content (AvgIpc) is 3.23. The number of para-hydroxylation sites is 1. The van der Waals surface area contributed by atoms with Crippen molar-refractivity contribution >= 4 is 37.3 Å². The molecule has 3 N–H and O–H groups in total. The van der Waals surface area contributed by atoms with Gasteiger partial charge in [-0.3, -0.25) is 9.10 Å². The molecule has 4 rings (SSSR count). The molecule has 3 aromatic carbocycles. The number of benzene rings is 3. The first-order valence-corrected chi connectivity index (χ1v) is 12.9. The number of hydrogen-bond acceptors (Lipinski definition) is 6. The van der Waals surface area contributed by atoms with Crippen molar-refractivity contribution in [1.82, 2.24) is 0 Å². The molecule has 1 aliphatic rings. The molecule has 1 aliphatic heterocycles. The van der Waals surface area contributed by atoms with Crippen LogP contribution in [0.1, 0.15) is 5.56 Å². The number of amides is 1. The summed E-state index contributed by atoms with van der Waals surface area (Å²) in [6.45, 7) is 0.0703. The van der Waals surface area contributed by atoms with Crippen LogP contribution in [0.15, 0.2) is 82.6 Å². The molecule has 0 spiro atoms. The van der Waals surface area contributed by atoms with Gasteiger partial charge in [0.05, 0.1) is 15.5 Å². The lowest BCUT2D eigenvalue weighted by atomic mass is 10.2. The van der Waals surface area contributed by atoms with E-state index in [9.17, 15) is 21.6 Å². The van der Waals surface area contributed by atoms with Crippen LogP contribution in [-0.2, 0) is 31.3 Å². The van der Waals surface area contributed by atoms with Crippen LogP contribution in [0.25, 0.3) is 0 Å². The quantitative estimate of drug-likeness (QED) is 0.524. The van der Waals surface area contributed by atoms with Crippen LogP contribution in [-0.4, -0.2) is 35.9 Å². The average molecular weight is 488 g/mol. The Labute approximate surface area is 191 Å². The highest BCUT2D eigenvalue weighted by molar-refractivity contribution is 7.92. The molecule has 0 saturated carbocycles. The second-order valence-corrected chi connectivity index (χ2v) is 10.8. The first kappa shape index (κ1) is 22.8. The molecule has 0 aliphatic carbocycles. The zero-order valence-corrected chi connectivity index (χ0v) is 19.0. The van der Waals surface area contributed by atoms with Gasteiger partial charge in [-0.25, -0.2) is 22.0 Å². The Morgan fingerprint density at radius 3 is 2.21 bits per heavy atom. The number of sulfonamides is 2. The Morgan fingerprint density at radius 1 is 0.909 bits per heavy atom. The summed E-state index contributed by atoms with van der Waals surface area (Å²) < 4.78 is 55.4. The van der Waals surface area contributed by atoms with Crippen LogP contribution < -0.4 is 19.5 Å². The largest absolute Gasteiger partial charge is 0.484 e. The monoisotopic (exact) mass is 487 g/mol. The Balaban J connectivity index is 1.36. The summed E-state index contributed by atoms with van der Waals surface area (Å²) in [7, 11) is -7.52. The van der Waals surface area contributed by atoms with Crippen molar-refractivity contribution < 1.29 is 26.4 Å². The minimum atomic E-state index is -3.81. The number of hydrogen-bond donors (Lipinski definition) is 2. The predicted octanol–water partition coefficient (Wildman–Crippen LogP) is 2.10. The van der Waals surface area contributed by atoms with E-state index < -0.39 is 26.0 Å². The highest BCUT2D eigenvalue weighted by Gasteiger charge is 2.30. The molecule has 3 aromatic rings. The molecule has 11 heteroatoms. The summed E-state index contributed by atoms with van der Waals surface area (Å²) in [5, 5.41) is 7.61. The maximum atomic E-state index is 13.0. The van der Waals surface area contributed by atoms with Crippen molar-refractivity contribution in [3.63, 3.8) is 0 Å². The van der Waals surface area contributed by atoms with Crippen LogP contribution in [0.4, 0.5) is 11.4 Å². The maximum Gasteiger partial charge on any atom is 0.264 e. The third-order valence-electron chi connectivity index (χ3n) is 5.09. The second-order valence-electron chi connectivity index (χ2n) is 7.33. The van der Waals surface area contributed by atoms with Crippen LogP contribution in [0.2, 0.25) is 0 Å². The van der Waals surface area contributed by atoms with Gasteiger partial charge >= 0.3 is 0 Å². The van der Waals surface area contributed by atoms with Crippen molar-refractivity contribution in [3.8, 4) is 5.75 Å². The standard InChI is InChI=1S/C22H21N3O6S2/c23-32(27,28)19-9-5-17(6-10-19)24-22(26)15-31-18-7-11-20(12-8-18)33(29,30)25-14-13-16-3-1-2-4-21(16)25/h1-12H,13-15H2,(H,24,26)(H2,23,27,28). The van der Waals surface area contributed by atoms with Gasteiger partial charge < -0.3 is 10.1 Å². The van der Waals surface area contributed by atoms with E-state index >= 15 is 0 Å². The molecule has 0 bridgehead atoms. The van der Waals surface area contributed by atoms with Crippen molar-refractivity contribution in [3.05, 3.63) is 78.4 Å². The molecule has 0 radical (unpaired) electrons. The van der Waals surface area contributed by atoms with Gasteiger partial charge in [-0.2, -0.15) is 0 Å². The van der Waals surface area contributed by atoms with E-state index in [1.54, 1.807) is 6.07 Å². The minimum absolute atomic E-state index is 0.0655. The van der Waals surface area contributed by atoms with Crippen molar-refractivity contribution in [2.75, 3.05) is 22.8 Å². The van der Waals surface area contributed by atoms with Gasteiger partial charge in [0, 0.05) is 12.2 Å². The summed E-state index contributed by atoms with van der Waals surface area (Å²) >= 11 is 0. The van der Waals surface area contributed by atoms with Gasteiger partial charge in [0.25, 0.3) is 15.9 Å². The number of nitrogens with two attached hydrogens (primary N) is 1. The Bertz CT molecular complexity index is 1390. The topological polar surface area (TPSA) is 136 Å². The number of carbonyl (C=O) groups excluding carboxylic acids is 1. The van der Waals surface area contributed by atoms with E-state index in [0.29, 0.717) is 30.1 Å². The summed E-state index contributed by atoms with van der Waals surface area (Å²) in [4.78, 5) is 12.2. The van der Waals surface area contributed by atoms with E-state index in [1.165, 1.54) is 52.8 Å². The zero-order valence-electron chi connectivity index (χ0n) is 17.3. The molecule has 33 heavy (non-hydrogen) atoms. The molecular weight excluding hydrogens is 466 g/mol. The predicted molar refractivity (Wildman–Crippen MR) is 123 cm³/mol. The summed E-state index contributed by atoms with van der Waals surface area (Å²) in [6, 6.07) is 18.6. The highest BCUT2D eigenvalue weighted by Crippen LogP contribution is 2.33. The van der Waals surface area contributed by atoms with Crippen molar-refractivity contribution in [1.29, 1.82) is 0 Å². The Hall–Kier alpha value is -3.41. The number of anilines is 2. The molecule has 1 heterocycles. The number of rotatable bonds is 7. The number of nitrogens with one attached hydrogen (secondary N) is 1. The van der Waals surface area contributed by atoms with Crippen LogP contribution in [0.3, 0.4) is 0 Å². The maximum absolute atomic E-state index is 13.0. The van der Waals surface area contributed by atoms with Gasteiger partial charge in [0.1, 0.15) is 5.75 Å². The van der Waals surface area contributed by atoms with Gasteiger partial charge in [0.2, 0.25) is 10.0 Å². The molecule has 0 fully saturated rings. The lowest BCUT2D eigenvalue weighted by Gasteiger charge is -2.19. The Kier molecular flexibility index (Phi) is 6.11. The summed E-state index contributed by atoms with van der Waals surface area (Å²) in [5.41, 5.74) is 2.06. The van der Waals surface area contributed by atoms with Gasteiger partial charge in [-0.1, -0.05) is 18.2 Å². The van der Waals surface area contributed by atoms with Gasteiger partial charge in [0.15, 0.2) is 6.61 Å². The van der Waals surface area contributed by atoms with E-state index in [-0.39, 0.29) is 16.4 Å². The first-order chi connectivity index (χ1) is 15.6. The van der Waals surface area contributed by atoms with Crippen LogP contribution in [0.5, 0.6) is 5.75 Å². The van der Waals surface area contributed by atoms with E-state index in [2.05, 4.69) is 5.32 Å². The lowest BCUT2D eigenvalue weighted by Crippen LogP contribution is -2.29. The third-order valence-corrected chi connectivity index (χ3v) is 7.85. The number of primary sulfonamides is 1. The number of ether oxygens (including phenoxy) is 1. The highest BCUT2D eigenvalue weighted by atomic mass is 32.2. The summed E-state index contributed by atoms with van der Waals surface area (Å²) in [5.74, 6) is -0.140. The van der Waals surface area contributed by atoms with Gasteiger partial charge in [-0.05, 0) is 66.6 Å². The fourth-order valence-electron chi connectivity index (χ4n) is 3.47. The van der Waals surface area contributed by atoms with Crippen molar-refractivity contribution in [2.24, 2.45) is 5.14 Å². The molecule has 9 nitrogen and oxygen atoms in total. The molecule has 172 valence electrons. The molecule has 1 amide bonds. The molecule has 0 atom stereocenters. The summed E-state index contributed by atoms with van der Waals surface area (Å²) in [6.07, 6.45) is 0.663. The van der Waals surface area contributed by atoms with Crippen LogP contribution >= 0.6 is 0 Å². The molecule has 0 unspecified atom stereocenters. The third kappa shape index (κ3) is 5.00. The Morgan fingerprint density at radius 2 is 1.55 bits per heavy atom. The SMILES string of the molecule is NS(=O)(=O)c1ccc(NC(=O)COc2ccc(S(=O)(=O)N3CCc4ccccc43)cc2)cc1. The van der Waals surface area contributed by atoms with E-state index in [0.717, 1.165) is 5.56 Å². The first-order valence-electron chi connectivity index (χ1n) is 9.91.